The van der Waals surface area contributed by atoms with Crippen LogP contribution in [0.3, 0.4) is 0 Å². The first-order chi connectivity index (χ1) is 10.2. The number of aliphatic hydroxyl groups is 1. The summed E-state index contributed by atoms with van der Waals surface area (Å²) >= 11 is 0. The third kappa shape index (κ3) is 2.64. The zero-order valence-electron chi connectivity index (χ0n) is 11.1. The molecule has 0 radical (unpaired) electrons. The fourth-order valence-corrected chi connectivity index (χ4v) is 2.19. The summed E-state index contributed by atoms with van der Waals surface area (Å²) in [5, 5.41) is 12.2. The molecule has 4 nitrogen and oxygen atoms in total. The van der Waals surface area contributed by atoms with E-state index in [4.69, 9.17) is 5.11 Å². The second-order valence-electron chi connectivity index (χ2n) is 4.70. The highest BCUT2D eigenvalue weighted by Gasteiger charge is 2.12. The molecule has 1 amide bonds. The highest BCUT2D eigenvalue weighted by Crippen LogP contribution is 2.19. The summed E-state index contributed by atoms with van der Waals surface area (Å²) in [6, 6.07) is 13.0. The molecule has 21 heavy (non-hydrogen) atoms. The number of halogens is 1. The van der Waals surface area contributed by atoms with Gasteiger partial charge >= 0.3 is 0 Å². The predicted octanol–water partition coefficient (Wildman–Crippen LogP) is 3.05. The van der Waals surface area contributed by atoms with E-state index in [2.05, 4.69) is 10.3 Å². The number of hydrogen-bond donors (Lipinski definition) is 3. The lowest BCUT2D eigenvalue weighted by atomic mass is 10.2. The Hall–Kier alpha value is -2.66. The molecule has 0 unspecified atom stereocenters. The van der Waals surface area contributed by atoms with Crippen molar-refractivity contribution in [2.75, 3.05) is 5.32 Å². The minimum atomic E-state index is -0.370. The van der Waals surface area contributed by atoms with Crippen LogP contribution in [0.25, 0.3) is 10.9 Å². The number of carbonyl (C=O) groups excluding carboxylic acids is 1. The third-order valence-electron chi connectivity index (χ3n) is 3.22. The van der Waals surface area contributed by atoms with Crippen LogP contribution < -0.4 is 5.32 Å². The molecule has 3 rings (SSSR count). The zero-order chi connectivity index (χ0) is 14.8. The Morgan fingerprint density at radius 3 is 2.76 bits per heavy atom. The van der Waals surface area contributed by atoms with Crippen molar-refractivity contribution < 1.29 is 14.3 Å². The van der Waals surface area contributed by atoms with Crippen LogP contribution >= 0.6 is 0 Å². The number of aromatic amines is 1. The second kappa shape index (κ2) is 5.38. The van der Waals surface area contributed by atoms with Gasteiger partial charge in [-0.15, -0.1) is 0 Å². The van der Waals surface area contributed by atoms with Gasteiger partial charge in [0.25, 0.3) is 5.91 Å². The molecule has 106 valence electrons. The van der Waals surface area contributed by atoms with E-state index in [0.717, 1.165) is 0 Å². The number of aliphatic hydroxyl groups excluding tert-OH is 1. The van der Waals surface area contributed by atoms with Crippen molar-refractivity contribution in [1.82, 2.24) is 4.98 Å². The van der Waals surface area contributed by atoms with E-state index >= 15 is 0 Å². The number of aromatic nitrogens is 1. The van der Waals surface area contributed by atoms with Crippen LogP contribution in [0.15, 0.2) is 48.5 Å². The molecule has 0 aliphatic heterocycles. The van der Waals surface area contributed by atoms with Crippen LogP contribution in [0.2, 0.25) is 0 Å². The monoisotopic (exact) mass is 284 g/mol. The average molecular weight is 284 g/mol. The van der Waals surface area contributed by atoms with Crippen molar-refractivity contribution in [2.24, 2.45) is 0 Å². The highest BCUT2D eigenvalue weighted by molar-refractivity contribution is 6.06. The van der Waals surface area contributed by atoms with Crippen molar-refractivity contribution in [3.05, 3.63) is 65.6 Å². The van der Waals surface area contributed by atoms with Gasteiger partial charge in [-0.3, -0.25) is 4.79 Å². The number of fused-ring (bicyclic) bond motifs is 1. The van der Waals surface area contributed by atoms with Gasteiger partial charge in [-0.1, -0.05) is 18.2 Å². The molecule has 2 aromatic carbocycles. The summed E-state index contributed by atoms with van der Waals surface area (Å²) < 4.78 is 13.6. The first kappa shape index (κ1) is 13.3. The van der Waals surface area contributed by atoms with E-state index in [1.165, 1.54) is 12.1 Å². The lowest BCUT2D eigenvalue weighted by Gasteiger charge is -2.05. The molecule has 0 aliphatic carbocycles. The van der Waals surface area contributed by atoms with Crippen molar-refractivity contribution in [1.29, 1.82) is 0 Å². The molecule has 0 atom stereocenters. The number of hydrogen-bond acceptors (Lipinski definition) is 2. The van der Waals surface area contributed by atoms with Crippen molar-refractivity contribution in [2.45, 2.75) is 6.61 Å². The van der Waals surface area contributed by atoms with Crippen molar-refractivity contribution >= 4 is 22.5 Å². The Balaban J connectivity index is 1.88. The molecule has 0 aliphatic rings. The second-order valence-corrected chi connectivity index (χ2v) is 4.70. The Kier molecular flexibility index (Phi) is 3.41. The molecule has 1 heterocycles. The number of carbonyl (C=O) groups is 1. The fourth-order valence-electron chi connectivity index (χ4n) is 2.19. The van der Waals surface area contributed by atoms with Crippen LogP contribution in [-0.4, -0.2) is 16.0 Å². The summed E-state index contributed by atoms with van der Waals surface area (Å²) in [7, 11) is 0. The number of rotatable bonds is 3. The first-order valence-corrected chi connectivity index (χ1v) is 6.46. The third-order valence-corrected chi connectivity index (χ3v) is 3.22. The number of nitrogens with one attached hydrogen (secondary N) is 2. The van der Waals surface area contributed by atoms with E-state index in [1.54, 1.807) is 36.4 Å². The summed E-state index contributed by atoms with van der Waals surface area (Å²) in [5.41, 5.74) is 2.13. The molecule has 0 fully saturated rings. The van der Waals surface area contributed by atoms with Gasteiger partial charge in [-0.2, -0.15) is 0 Å². The lowest BCUT2D eigenvalue weighted by molar-refractivity contribution is 0.102. The predicted molar refractivity (Wildman–Crippen MR) is 78.6 cm³/mol. The van der Waals surface area contributed by atoms with E-state index in [1.807, 2.05) is 0 Å². The molecular weight excluding hydrogens is 271 g/mol. The van der Waals surface area contributed by atoms with Crippen LogP contribution in [0.5, 0.6) is 0 Å². The number of H-pyrrole nitrogens is 1. The molecule has 3 aromatic rings. The van der Waals surface area contributed by atoms with Gasteiger partial charge in [0.1, 0.15) is 11.5 Å². The van der Waals surface area contributed by atoms with Crippen molar-refractivity contribution in [3.63, 3.8) is 0 Å². The van der Waals surface area contributed by atoms with Gasteiger partial charge in [0.15, 0.2) is 0 Å². The van der Waals surface area contributed by atoms with Gasteiger partial charge < -0.3 is 15.4 Å². The lowest BCUT2D eigenvalue weighted by Crippen LogP contribution is -2.12. The molecular formula is C16H13FN2O2. The topological polar surface area (TPSA) is 65.1 Å². The maximum Gasteiger partial charge on any atom is 0.272 e. The van der Waals surface area contributed by atoms with Gasteiger partial charge in [0.2, 0.25) is 0 Å². The van der Waals surface area contributed by atoms with Gasteiger partial charge in [-0.25, -0.2) is 4.39 Å². The molecule has 5 heteroatoms. The Labute approximate surface area is 120 Å². The van der Waals surface area contributed by atoms with Gasteiger partial charge in [0.05, 0.1) is 6.61 Å². The van der Waals surface area contributed by atoms with Crippen LogP contribution in [0.4, 0.5) is 10.1 Å². The zero-order valence-corrected chi connectivity index (χ0v) is 11.1. The molecule has 0 spiro atoms. The quantitative estimate of drug-likeness (QED) is 0.692. The van der Waals surface area contributed by atoms with E-state index in [0.29, 0.717) is 22.2 Å². The van der Waals surface area contributed by atoms with Crippen LogP contribution in [0, 0.1) is 5.82 Å². The Morgan fingerprint density at radius 1 is 1.19 bits per heavy atom. The average Bonchev–Trinajstić information content (AvgIpc) is 2.93. The van der Waals surface area contributed by atoms with Gasteiger partial charge in [-0.05, 0) is 35.9 Å². The molecule has 3 N–H and O–H groups in total. The molecule has 1 aromatic heterocycles. The smallest absolute Gasteiger partial charge is 0.272 e. The minimum absolute atomic E-state index is 0.0959. The number of anilines is 1. The van der Waals surface area contributed by atoms with E-state index in [-0.39, 0.29) is 24.0 Å². The fraction of sp³-hybridized carbons (Fsp3) is 0.0625. The largest absolute Gasteiger partial charge is 0.392 e. The summed E-state index contributed by atoms with van der Waals surface area (Å²) in [4.78, 5) is 15.1. The van der Waals surface area contributed by atoms with Gasteiger partial charge in [0, 0.05) is 16.6 Å². The molecule has 0 bridgehead atoms. The van der Waals surface area contributed by atoms with Crippen LogP contribution in [0.1, 0.15) is 16.1 Å². The van der Waals surface area contributed by atoms with E-state index in [9.17, 15) is 9.18 Å². The summed E-state index contributed by atoms with van der Waals surface area (Å²) in [5.74, 6) is -0.731. The highest BCUT2D eigenvalue weighted by atomic mass is 19.1. The molecule has 0 saturated heterocycles. The Morgan fingerprint density at radius 2 is 2.00 bits per heavy atom. The number of benzene rings is 2. The van der Waals surface area contributed by atoms with Crippen LogP contribution in [-0.2, 0) is 6.61 Å². The SMILES string of the molecule is O=C(Nc1cccc(CO)c1)c1cc2c(F)cccc2[nH]1. The normalized spacial score (nSPS) is 10.8. The summed E-state index contributed by atoms with van der Waals surface area (Å²) in [6.07, 6.45) is 0. The maximum absolute atomic E-state index is 13.6. The Bertz CT molecular complexity index is 811. The maximum atomic E-state index is 13.6. The van der Waals surface area contributed by atoms with E-state index < -0.39 is 0 Å². The summed E-state index contributed by atoms with van der Waals surface area (Å²) in [6.45, 7) is -0.0959. The van der Waals surface area contributed by atoms with Crippen molar-refractivity contribution in [3.8, 4) is 0 Å². The first-order valence-electron chi connectivity index (χ1n) is 6.46. The minimum Gasteiger partial charge on any atom is -0.392 e. The standard InChI is InChI=1S/C16H13FN2O2/c17-13-5-2-6-14-12(13)8-15(19-14)16(21)18-11-4-1-3-10(7-11)9-20/h1-8,19-20H,9H2,(H,18,21). The molecule has 0 saturated carbocycles. The number of amides is 1.